The Kier molecular flexibility index (Phi) is 5.53. The number of carbonyl (C=O) groups excluding carboxylic acids is 1. The van der Waals surface area contributed by atoms with Crippen molar-refractivity contribution < 1.29 is 19.0 Å². The van der Waals surface area contributed by atoms with Gasteiger partial charge in [-0.25, -0.2) is 9.78 Å². The molecule has 0 radical (unpaired) electrons. The van der Waals surface area contributed by atoms with Crippen LogP contribution < -0.4 is 15.2 Å². The maximum Gasteiger partial charge on any atom is 0.350 e. The van der Waals surface area contributed by atoms with Gasteiger partial charge in [0.05, 0.1) is 26.5 Å². The number of carbonyl (C=O) groups is 1. The van der Waals surface area contributed by atoms with E-state index in [9.17, 15) is 4.79 Å². The number of thiophene rings is 1. The smallest absolute Gasteiger partial charge is 0.350 e. The van der Waals surface area contributed by atoms with Crippen LogP contribution in [0.3, 0.4) is 0 Å². The minimum atomic E-state index is -0.420. The molecule has 4 rings (SSSR count). The van der Waals surface area contributed by atoms with Gasteiger partial charge in [0, 0.05) is 41.7 Å². The van der Waals surface area contributed by atoms with E-state index in [4.69, 9.17) is 24.9 Å². The topological polar surface area (TPSA) is 86.9 Å². The third-order valence-corrected chi connectivity index (χ3v) is 6.43. The number of nitrogen functional groups attached to an aromatic ring is 1. The number of aromatic nitrogens is 1. The summed E-state index contributed by atoms with van der Waals surface area (Å²) < 4.78 is 16.5. The molecule has 30 heavy (non-hydrogen) atoms. The van der Waals surface area contributed by atoms with Gasteiger partial charge in [-0.2, -0.15) is 0 Å². The fraction of sp³-hybridized carbons (Fsp3) is 0.364. The number of fused-ring (bicyclic) bond motifs is 2. The molecule has 1 aliphatic heterocycles. The normalized spacial score (nSPS) is 13.9. The van der Waals surface area contributed by atoms with Crippen LogP contribution in [-0.2, 0) is 17.7 Å². The first-order valence-electron chi connectivity index (χ1n) is 9.80. The highest BCUT2D eigenvalue weighted by atomic mass is 32.1. The molecule has 0 saturated heterocycles. The molecule has 0 aliphatic carbocycles. The number of esters is 1. The number of hydrogen-bond donors (Lipinski definition) is 1. The maximum absolute atomic E-state index is 12.5. The molecule has 3 heterocycles. The van der Waals surface area contributed by atoms with Crippen LogP contribution in [0.2, 0.25) is 0 Å². The van der Waals surface area contributed by atoms with Crippen LogP contribution in [-0.4, -0.2) is 50.3 Å². The highest BCUT2D eigenvalue weighted by Gasteiger charge is 2.29. The van der Waals surface area contributed by atoms with Gasteiger partial charge in [0.1, 0.15) is 9.71 Å². The number of likely N-dealkylation sites (N-methyl/N-ethyl adjacent to an activating group) is 1. The zero-order valence-electron chi connectivity index (χ0n) is 17.6. The summed E-state index contributed by atoms with van der Waals surface area (Å²) in [5.41, 5.74) is 10.9. The van der Waals surface area contributed by atoms with Gasteiger partial charge < -0.3 is 24.8 Å². The molecule has 1 aliphatic rings. The second-order valence-electron chi connectivity index (χ2n) is 7.19. The lowest BCUT2D eigenvalue weighted by Gasteiger charge is -2.27. The number of ether oxygens (including phenoxy) is 3. The number of pyridine rings is 1. The first-order chi connectivity index (χ1) is 14.5. The van der Waals surface area contributed by atoms with Gasteiger partial charge in [0.15, 0.2) is 11.5 Å². The van der Waals surface area contributed by atoms with E-state index in [1.165, 1.54) is 11.3 Å². The lowest BCUT2D eigenvalue weighted by molar-refractivity contribution is 0.0533. The van der Waals surface area contributed by atoms with Crippen LogP contribution in [0.1, 0.15) is 27.9 Å². The molecule has 0 atom stereocenters. The number of para-hydroxylation sites is 1. The Morgan fingerprint density at radius 3 is 2.80 bits per heavy atom. The first-order valence-corrected chi connectivity index (χ1v) is 10.6. The van der Waals surface area contributed by atoms with Crippen LogP contribution >= 0.6 is 11.3 Å². The van der Waals surface area contributed by atoms with Gasteiger partial charge in [-0.1, -0.05) is 12.1 Å². The van der Waals surface area contributed by atoms with Gasteiger partial charge in [0.25, 0.3) is 0 Å². The van der Waals surface area contributed by atoms with Crippen molar-refractivity contribution in [3.63, 3.8) is 0 Å². The van der Waals surface area contributed by atoms with Crippen LogP contribution in [0.5, 0.6) is 11.5 Å². The van der Waals surface area contributed by atoms with E-state index in [0.29, 0.717) is 22.1 Å². The molecule has 158 valence electrons. The Labute approximate surface area is 179 Å². The predicted molar refractivity (Wildman–Crippen MR) is 119 cm³/mol. The van der Waals surface area contributed by atoms with Gasteiger partial charge >= 0.3 is 5.97 Å². The van der Waals surface area contributed by atoms with Crippen molar-refractivity contribution in [3.05, 3.63) is 34.3 Å². The Hall–Kier alpha value is -2.84. The summed E-state index contributed by atoms with van der Waals surface area (Å²) in [7, 11) is 5.32. The molecule has 0 unspecified atom stereocenters. The molecule has 0 fully saturated rings. The van der Waals surface area contributed by atoms with Crippen LogP contribution in [0, 0.1) is 0 Å². The Balaban J connectivity index is 2.09. The number of hydrogen-bond acceptors (Lipinski definition) is 8. The lowest BCUT2D eigenvalue weighted by Crippen LogP contribution is -2.28. The Morgan fingerprint density at radius 2 is 2.10 bits per heavy atom. The molecule has 3 aromatic rings. The van der Waals surface area contributed by atoms with Crippen LogP contribution in [0.25, 0.3) is 21.3 Å². The summed E-state index contributed by atoms with van der Waals surface area (Å²) in [6, 6.07) is 5.78. The molecule has 0 amide bonds. The number of methoxy groups -OCH3 is 2. The van der Waals surface area contributed by atoms with E-state index < -0.39 is 5.97 Å². The second-order valence-corrected chi connectivity index (χ2v) is 8.19. The minimum absolute atomic E-state index is 0.289. The standard InChI is InChI=1S/C22H25N3O4S/c1-5-29-22(26)20-18(23)17-16(12-7-6-8-15(27-3)19(12)28-4)13-11-25(2)10-9-14(13)24-21(17)30-20/h6-8H,5,9-11,23H2,1-4H3. The number of benzene rings is 1. The number of nitrogens with zero attached hydrogens (tertiary/aromatic N) is 2. The third-order valence-electron chi connectivity index (χ3n) is 5.35. The number of nitrogens with two attached hydrogens (primary N) is 1. The van der Waals surface area contributed by atoms with E-state index in [-0.39, 0.29) is 6.61 Å². The summed E-state index contributed by atoms with van der Waals surface area (Å²) in [5.74, 6) is 0.847. The molecule has 1 aromatic carbocycles. The largest absolute Gasteiger partial charge is 0.493 e. The quantitative estimate of drug-likeness (QED) is 0.621. The van der Waals surface area contributed by atoms with Gasteiger partial charge in [0.2, 0.25) is 0 Å². The van der Waals surface area contributed by atoms with Crippen molar-refractivity contribution in [2.75, 3.05) is 40.2 Å². The van der Waals surface area contributed by atoms with E-state index in [1.54, 1.807) is 21.1 Å². The molecule has 8 heteroatoms. The van der Waals surface area contributed by atoms with Gasteiger partial charge in [-0.15, -0.1) is 11.3 Å². The highest BCUT2D eigenvalue weighted by molar-refractivity contribution is 7.21. The van der Waals surface area contributed by atoms with Crippen molar-refractivity contribution in [2.24, 2.45) is 0 Å². The first kappa shape index (κ1) is 20.4. The molecule has 2 N–H and O–H groups in total. The second kappa shape index (κ2) is 8.12. The molecule has 7 nitrogen and oxygen atoms in total. The van der Waals surface area contributed by atoms with E-state index in [0.717, 1.165) is 52.1 Å². The van der Waals surface area contributed by atoms with E-state index in [1.807, 2.05) is 18.2 Å². The molecule has 2 aromatic heterocycles. The SMILES string of the molecule is CCOC(=O)c1sc2nc3c(c(-c4cccc(OC)c4OC)c2c1N)CN(C)CC3. The molecule has 0 saturated carbocycles. The predicted octanol–water partition coefficient (Wildman–Crippen LogP) is 3.73. The zero-order chi connectivity index (χ0) is 21.4. The highest BCUT2D eigenvalue weighted by Crippen LogP contribution is 2.47. The lowest BCUT2D eigenvalue weighted by atomic mass is 9.91. The van der Waals surface area contributed by atoms with Crippen LogP contribution in [0.15, 0.2) is 18.2 Å². The number of anilines is 1. The zero-order valence-corrected chi connectivity index (χ0v) is 18.4. The molecule has 0 bridgehead atoms. The summed E-state index contributed by atoms with van der Waals surface area (Å²) >= 11 is 1.28. The fourth-order valence-electron chi connectivity index (χ4n) is 3.99. The fourth-order valence-corrected chi connectivity index (χ4v) is 5.01. The van der Waals surface area contributed by atoms with Crippen LogP contribution in [0.4, 0.5) is 5.69 Å². The van der Waals surface area contributed by atoms with Gasteiger partial charge in [-0.3, -0.25) is 0 Å². The maximum atomic E-state index is 12.5. The third kappa shape index (κ3) is 3.26. The monoisotopic (exact) mass is 427 g/mol. The number of rotatable bonds is 5. The Bertz CT molecular complexity index is 1130. The van der Waals surface area contributed by atoms with E-state index >= 15 is 0 Å². The summed E-state index contributed by atoms with van der Waals surface area (Å²) in [4.78, 5) is 20.8. The van der Waals surface area contributed by atoms with Crippen molar-refractivity contribution in [2.45, 2.75) is 19.9 Å². The average Bonchev–Trinajstić information content (AvgIpc) is 3.08. The van der Waals surface area contributed by atoms with Gasteiger partial charge in [-0.05, 0) is 25.6 Å². The average molecular weight is 428 g/mol. The molecular weight excluding hydrogens is 402 g/mol. The van der Waals surface area contributed by atoms with Crippen molar-refractivity contribution in [3.8, 4) is 22.6 Å². The Morgan fingerprint density at radius 1 is 1.30 bits per heavy atom. The van der Waals surface area contributed by atoms with E-state index in [2.05, 4.69) is 11.9 Å². The summed E-state index contributed by atoms with van der Waals surface area (Å²) in [6.07, 6.45) is 0.827. The van der Waals surface area contributed by atoms with Crippen molar-refractivity contribution in [1.82, 2.24) is 9.88 Å². The molecular formula is C22H25N3O4S. The summed E-state index contributed by atoms with van der Waals surface area (Å²) in [6.45, 7) is 3.72. The summed E-state index contributed by atoms with van der Waals surface area (Å²) in [5, 5.41) is 0.767. The van der Waals surface area contributed by atoms with Crippen molar-refractivity contribution >= 4 is 33.2 Å². The minimum Gasteiger partial charge on any atom is -0.493 e. The van der Waals surface area contributed by atoms with Crippen molar-refractivity contribution in [1.29, 1.82) is 0 Å². The molecule has 0 spiro atoms.